The summed E-state index contributed by atoms with van der Waals surface area (Å²) in [6, 6.07) is 11.2. The molecule has 0 saturated heterocycles. The highest BCUT2D eigenvalue weighted by atomic mass is 32.1. The van der Waals surface area contributed by atoms with Crippen LogP contribution in [0.15, 0.2) is 51.0 Å². The first kappa shape index (κ1) is 23.8. The van der Waals surface area contributed by atoms with E-state index in [1.54, 1.807) is 12.1 Å². The molecule has 2 aromatic heterocycles. The fourth-order valence-electron chi connectivity index (χ4n) is 4.54. The number of esters is 1. The van der Waals surface area contributed by atoms with Crippen molar-refractivity contribution in [3.63, 3.8) is 0 Å². The van der Waals surface area contributed by atoms with Gasteiger partial charge in [0.25, 0.3) is 5.91 Å². The number of methoxy groups -OCH3 is 1. The number of nitrogens with one attached hydrogen (secondary N) is 1. The molecule has 0 unspecified atom stereocenters. The van der Waals surface area contributed by atoms with Crippen molar-refractivity contribution in [1.29, 1.82) is 0 Å². The van der Waals surface area contributed by atoms with Gasteiger partial charge in [0.2, 0.25) is 0 Å². The minimum Gasteiger partial charge on any atom is -0.484 e. The molecule has 0 spiro atoms. The van der Waals surface area contributed by atoms with E-state index in [0.717, 1.165) is 52.5 Å². The van der Waals surface area contributed by atoms with Crippen molar-refractivity contribution >= 4 is 39.2 Å². The van der Waals surface area contributed by atoms with E-state index in [1.165, 1.54) is 18.4 Å². The predicted molar refractivity (Wildman–Crippen MR) is 139 cm³/mol. The monoisotopic (exact) mass is 503 g/mol. The van der Waals surface area contributed by atoms with Gasteiger partial charge in [-0.05, 0) is 67.5 Å². The maximum Gasteiger partial charge on any atom is 0.341 e. The molecular weight excluding hydrogens is 478 g/mol. The minimum atomic E-state index is -0.530. The van der Waals surface area contributed by atoms with Gasteiger partial charge < -0.3 is 19.2 Å². The van der Waals surface area contributed by atoms with Gasteiger partial charge in [-0.1, -0.05) is 18.2 Å². The highest BCUT2D eigenvalue weighted by Crippen LogP contribution is 2.37. The van der Waals surface area contributed by atoms with E-state index in [2.05, 4.69) is 5.32 Å². The number of thiophene rings is 1. The quantitative estimate of drug-likeness (QED) is 0.278. The van der Waals surface area contributed by atoms with Crippen molar-refractivity contribution in [3.8, 4) is 16.9 Å². The van der Waals surface area contributed by atoms with Crippen molar-refractivity contribution in [2.24, 2.45) is 0 Å². The molecule has 36 heavy (non-hydrogen) atoms. The summed E-state index contributed by atoms with van der Waals surface area (Å²) in [5.41, 5.74) is 6.06. The third-order valence-corrected chi connectivity index (χ3v) is 7.46. The standard InChI is InChI=1S/C28H25NO6S/c1-15-7-8-17(11-16(15)2)22-14-36-26(25(22)28(32)33-3)29-24(30)13-34-18-9-10-20-19-5-4-6-21(19)27(31)35-23(20)12-18/h7-12,14H,4-6,13H2,1-3H3,(H,29,30). The zero-order valence-corrected chi connectivity index (χ0v) is 21.0. The Bertz CT molecular complexity index is 1560. The summed E-state index contributed by atoms with van der Waals surface area (Å²) >= 11 is 1.25. The average Bonchev–Trinajstić information content (AvgIpc) is 3.52. The van der Waals surface area contributed by atoms with E-state index in [-0.39, 0.29) is 12.2 Å². The number of hydrogen-bond donors (Lipinski definition) is 1. The number of hydrogen-bond acceptors (Lipinski definition) is 7. The largest absolute Gasteiger partial charge is 0.484 e. The lowest BCUT2D eigenvalue weighted by Crippen LogP contribution is -2.21. The first-order valence-electron chi connectivity index (χ1n) is 11.6. The Morgan fingerprint density at radius 2 is 1.86 bits per heavy atom. The summed E-state index contributed by atoms with van der Waals surface area (Å²) in [5, 5.41) is 5.90. The van der Waals surface area contributed by atoms with Gasteiger partial charge in [-0.15, -0.1) is 11.3 Å². The molecule has 4 aromatic rings. The number of carbonyl (C=O) groups excluding carboxylic acids is 2. The van der Waals surface area contributed by atoms with Gasteiger partial charge in [0.15, 0.2) is 6.61 Å². The summed E-state index contributed by atoms with van der Waals surface area (Å²) in [7, 11) is 1.31. The highest BCUT2D eigenvalue weighted by molar-refractivity contribution is 7.15. The highest BCUT2D eigenvalue weighted by Gasteiger charge is 2.23. The van der Waals surface area contributed by atoms with Crippen LogP contribution in [-0.4, -0.2) is 25.6 Å². The van der Waals surface area contributed by atoms with Crippen LogP contribution in [0.2, 0.25) is 0 Å². The van der Waals surface area contributed by atoms with E-state index in [0.29, 0.717) is 27.5 Å². The molecule has 0 bridgehead atoms. The van der Waals surface area contributed by atoms with Crippen molar-refractivity contribution in [2.75, 3.05) is 19.0 Å². The summed E-state index contributed by atoms with van der Waals surface area (Å²) in [6.45, 7) is 3.75. The number of ether oxygens (including phenoxy) is 2. The Labute approximate surface area is 211 Å². The smallest absolute Gasteiger partial charge is 0.341 e. The van der Waals surface area contributed by atoms with Crippen LogP contribution < -0.4 is 15.7 Å². The third-order valence-electron chi connectivity index (χ3n) is 6.57. The maximum atomic E-state index is 12.7. The summed E-state index contributed by atoms with van der Waals surface area (Å²) in [6.07, 6.45) is 2.54. The summed E-state index contributed by atoms with van der Waals surface area (Å²) < 4.78 is 16.1. The molecule has 2 heterocycles. The van der Waals surface area contributed by atoms with Crippen molar-refractivity contribution < 1.29 is 23.5 Å². The zero-order valence-electron chi connectivity index (χ0n) is 20.2. The molecule has 184 valence electrons. The summed E-state index contributed by atoms with van der Waals surface area (Å²) in [5.74, 6) is -0.545. The molecule has 1 N–H and O–H groups in total. The molecule has 0 radical (unpaired) electrons. The Morgan fingerprint density at radius 1 is 1.06 bits per heavy atom. The van der Waals surface area contributed by atoms with E-state index in [9.17, 15) is 14.4 Å². The molecule has 1 aliphatic rings. The molecule has 0 fully saturated rings. The van der Waals surface area contributed by atoms with Gasteiger partial charge in [0, 0.05) is 28.0 Å². The van der Waals surface area contributed by atoms with E-state index in [4.69, 9.17) is 13.9 Å². The molecule has 0 aliphatic heterocycles. The van der Waals surface area contributed by atoms with Crippen LogP contribution in [-0.2, 0) is 22.4 Å². The average molecular weight is 504 g/mol. The van der Waals surface area contributed by atoms with Gasteiger partial charge in [-0.2, -0.15) is 0 Å². The van der Waals surface area contributed by atoms with Gasteiger partial charge in [-0.3, -0.25) is 4.79 Å². The van der Waals surface area contributed by atoms with Gasteiger partial charge in [0.1, 0.15) is 21.9 Å². The minimum absolute atomic E-state index is 0.280. The van der Waals surface area contributed by atoms with Crippen LogP contribution in [0.5, 0.6) is 5.75 Å². The van der Waals surface area contributed by atoms with Crippen LogP contribution >= 0.6 is 11.3 Å². The van der Waals surface area contributed by atoms with E-state index in [1.807, 2.05) is 43.5 Å². The van der Waals surface area contributed by atoms with Crippen LogP contribution in [0, 0.1) is 13.8 Å². The molecule has 0 atom stereocenters. The van der Waals surface area contributed by atoms with Crippen LogP contribution in [0.4, 0.5) is 5.00 Å². The lowest BCUT2D eigenvalue weighted by atomic mass is 9.99. The number of aryl methyl sites for hydroxylation is 3. The lowest BCUT2D eigenvalue weighted by Gasteiger charge is -2.10. The van der Waals surface area contributed by atoms with Crippen molar-refractivity contribution in [2.45, 2.75) is 33.1 Å². The molecule has 1 amide bonds. The van der Waals surface area contributed by atoms with Gasteiger partial charge in [0.05, 0.1) is 7.11 Å². The SMILES string of the molecule is COC(=O)c1c(-c2ccc(C)c(C)c2)csc1NC(=O)COc1ccc2c3c(c(=O)oc2c1)CCC3. The van der Waals surface area contributed by atoms with Crippen molar-refractivity contribution in [1.82, 2.24) is 0 Å². The van der Waals surface area contributed by atoms with Crippen LogP contribution in [0.25, 0.3) is 22.1 Å². The number of fused-ring (bicyclic) bond motifs is 3. The predicted octanol–water partition coefficient (Wildman–Crippen LogP) is 5.43. The number of amides is 1. The Hall–Kier alpha value is -3.91. The fourth-order valence-corrected chi connectivity index (χ4v) is 5.52. The number of rotatable bonds is 6. The van der Waals surface area contributed by atoms with Crippen LogP contribution in [0.3, 0.4) is 0 Å². The second-order valence-electron chi connectivity index (χ2n) is 8.84. The Balaban J connectivity index is 1.34. The van der Waals surface area contributed by atoms with Crippen LogP contribution in [0.1, 0.15) is 39.0 Å². The summed E-state index contributed by atoms with van der Waals surface area (Å²) in [4.78, 5) is 37.6. The molecule has 7 nitrogen and oxygen atoms in total. The zero-order chi connectivity index (χ0) is 25.4. The topological polar surface area (TPSA) is 94.8 Å². The normalized spacial score (nSPS) is 12.4. The van der Waals surface area contributed by atoms with Gasteiger partial charge in [-0.25, -0.2) is 9.59 Å². The first-order valence-corrected chi connectivity index (χ1v) is 12.5. The van der Waals surface area contributed by atoms with E-state index < -0.39 is 11.9 Å². The maximum absolute atomic E-state index is 12.7. The van der Waals surface area contributed by atoms with E-state index >= 15 is 0 Å². The second-order valence-corrected chi connectivity index (χ2v) is 9.72. The molecule has 2 aromatic carbocycles. The molecule has 1 aliphatic carbocycles. The molecule has 5 rings (SSSR count). The number of anilines is 1. The van der Waals surface area contributed by atoms with Gasteiger partial charge >= 0.3 is 11.6 Å². The Morgan fingerprint density at radius 3 is 2.64 bits per heavy atom. The fraction of sp³-hybridized carbons (Fsp3) is 0.250. The second kappa shape index (κ2) is 9.62. The first-order chi connectivity index (χ1) is 17.4. The molecule has 0 saturated carbocycles. The number of benzene rings is 2. The van der Waals surface area contributed by atoms with Crippen molar-refractivity contribution in [3.05, 3.63) is 80.0 Å². The Kier molecular flexibility index (Phi) is 6.36. The lowest BCUT2D eigenvalue weighted by molar-refractivity contribution is -0.118. The number of carbonyl (C=O) groups is 2. The molecular formula is C28H25NO6S. The molecule has 8 heteroatoms. The third kappa shape index (κ3) is 4.40.